The first-order valence-corrected chi connectivity index (χ1v) is 6.47. The number of aryl methyl sites for hydroxylation is 2. The Kier molecular flexibility index (Phi) is 2.21. The molecule has 0 bridgehead atoms. The molecular formula is C16H11NO3. The van der Waals surface area contributed by atoms with Crippen molar-refractivity contribution in [3.63, 3.8) is 0 Å². The molecule has 2 aromatic carbocycles. The van der Waals surface area contributed by atoms with Crippen molar-refractivity contribution in [3.05, 3.63) is 53.5 Å². The van der Waals surface area contributed by atoms with Crippen LogP contribution in [-0.2, 0) is 12.8 Å². The lowest BCUT2D eigenvalue weighted by molar-refractivity contribution is 0.0654. The molecule has 0 saturated carbocycles. The van der Waals surface area contributed by atoms with Crippen LogP contribution in [0.5, 0.6) is 0 Å². The van der Waals surface area contributed by atoms with Crippen LogP contribution in [0.3, 0.4) is 0 Å². The number of hydrogen-bond acceptors (Lipinski definition) is 3. The van der Waals surface area contributed by atoms with Crippen LogP contribution in [0.25, 0.3) is 22.1 Å². The van der Waals surface area contributed by atoms with E-state index in [0.29, 0.717) is 5.76 Å². The predicted octanol–water partition coefficient (Wildman–Crippen LogP) is 3.29. The van der Waals surface area contributed by atoms with Crippen molar-refractivity contribution in [2.24, 2.45) is 0 Å². The maximum absolute atomic E-state index is 10.9. The normalized spacial score (nSPS) is 13.0. The van der Waals surface area contributed by atoms with Gasteiger partial charge in [-0.15, -0.1) is 0 Å². The van der Waals surface area contributed by atoms with E-state index in [1.54, 1.807) is 0 Å². The Morgan fingerprint density at radius 1 is 1.15 bits per heavy atom. The molecule has 1 aliphatic carbocycles. The SMILES string of the molecule is O=C(O)c1ncc(-c2ccc3c4c(cccc24)CC3)o1. The topological polar surface area (TPSA) is 63.3 Å². The summed E-state index contributed by atoms with van der Waals surface area (Å²) >= 11 is 0. The summed E-state index contributed by atoms with van der Waals surface area (Å²) in [6, 6.07) is 10.3. The molecule has 0 fully saturated rings. The number of hydrogen-bond donors (Lipinski definition) is 1. The van der Waals surface area contributed by atoms with Crippen molar-refractivity contribution >= 4 is 16.7 Å². The van der Waals surface area contributed by atoms with E-state index in [-0.39, 0.29) is 5.89 Å². The highest BCUT2D eigenvalue weighted by atomic mass is 16.4. The molecular weight excluding hydrogens is 254 g/mol. The fraction of sp³-hybridized carbons (Fsp3) is 0.125. The van der Waals surface area contributed by atoms with Crippen molar-refractivity contribution in [2.45, 2.75) is 12.8 Å². The molecule has 0 radical (unpaired) electrons. The highest BCUT2D eigenvalue weighted by molar-refractivity contribution is 6.00. The van der Waals surface area contributed by atoms with Gasteiger partial charge in [0.2, 0.25) is 0 Å². The molecule has 0 atom stereocenters. The molecule has 4 nitrogen and oxygen atoms in total. The number of aromatic nitrogens is 1. The highest BCUT2D eigenvalue weighted by Gasteiger charge is 2.19. The highest BCUT2D eigenvalue weighted by Crippen LogP contribution is 2.37. The predicted molar refractivity (Wildman–Crippen MR) is 73.8 cm³/mol. The zero-order valence-electron chi connectivity index (χ0n) is 10.6. The van der Waals surface area contributed by atoms with E-state index in [1.807, 2.05) is 18.2 Å². The number of aromatic carboxylic acids is 1. The van der Waals surface area contributed by atoms with Crippen molar-refractivity contribution in [2.75, 3.05) is 0 Å². The number of rotatable bonds is 2. The Morgan fingerprint density at radius 3 is 2.70 bits per heavy atom. The number of carboxylic acids is 1. The molecule has 0 aliphatic heterocycles. The van der Waals surface area contributed by atoms with Crippen LogP contribution in [0.1, 0.15) is 21.8 Å². The lowest BCUT2D eigenvalue weighted by Crippen LogP contribution is -1.94. The quantitative estimate of drug-likeness (QED) is 0.772. The van der Waals surface area contributed by atoms with Gasteiger partial charge in [-0.1, -0.05) is 30.3 Å². The van der Waals surface area contributed by atoms with E-state index >= 15 is 0 Å². The second-order valence-electron chi connectivity index (χ2n) is 4.95. The Labute approximate surface area is 114 Å². The van der Waals surface area contributed by atoms with Crippen LogP contribution in [0.4, 0.5) is 0 Å². The minimum atomic E-state index is -1.15. The van der Waals surface area contributed by atoms with Gasteiger partial charge in [-0.25, -0.2) is 9.78 Å². The summed E-state index contributed by atoms with van der Waals surface area (Å²) in [5, 5.41) is 11.3. The van der Waals surface area contributed by atoms with Crippen molar-refractivity contribution in [1.29, 1.82) is 0 Å². The van der Waals surface area contributed by atoms with Crippen molar-refractivity contribution in [1.82, 2.24) is 4.98 Å². The fourth-order valence-electron chi connectivity index (χ4n) is 2.96. The zero-order valence-corrected chi connectivity index (χ0v) is 10.6. The first-order valence-electron chi connectivity index (χ1n) is 6.47. The average Bonchev–Trinajstić information content (AvgIpc) is 3.08. The Balaban J connectivity index is 1.99. The number of oxazole rings is 1. The largest absolute Gasteiger partial charge is 0.474 e. The molecule has 98 valence electrons. The third-order valence-corrected chi connectivity index (χ3v) is 3.83. The smallest absolute Gasteiger partial charge is 0.392 e. The molecule has 1 N–H and O–H groups in total. The van der Waals surface area contributed by atoms with Gasteiger partial charge in [0.15, 0.2) is 5.76 Å². The van der Waals surface area contributed by atoms with Crippen molar-refractivity contribution in [3.8, 4) is 11.3 Å². The van der Waals surface area contributed by atoms with Gasteiger partial charge in [-0.05, 0) is 34.7 Å². The van der Waals surface area contributed by atoms with E-state index in [0.717, 1.165) is 23.8 Å². The van der Waals surface area contributed by atoms with Crippen LogP contribution in [-0.4, -0.2) is 16.1 Å². The minimum Gasteiger partial charge on any atom is -0.474 e. The molecule has 0 amide bonds. The van der Waals surface area contributed by atoms with Gasteiger partial charge in [-0.2, -0.15) is 0 Å². The maximum Gasteiger partial charge on any atom is 0.392 e. The number of nitrogens with zero attached hydrogens (tertiary/aromatic N) is 1. The summed E-state index contributed by atoms with van der Waals surface area (Å²) in [5.41, 5.74) is 3.59. The molecule has 1 aromatic heterocycles. The van der Waals surface area contributed by atoms with Crippen molar-refractivity contribution < 1.29 is 14.3 Å². The fourth-order valence-corrected chi connectivity index (χ4v) is 2.96. The van der Waals surface area contributed by atoms with Gasteiger partial charge in [0, 0.05) is 5.56 Å². The molecule has 4 rings (SSSR count). The van der Waals surface area contributed by atoms with Gasteiger partial charge in [0.1, 0.15) is 0 Å². The first kappa shape index (κ1) is 11.2. The van der Waals surface area contributed by atoms with E-state index in [2.05, 4.69) is 17.1 Å². The summed E-state index contributed by atoms with van der Waals surface area (Å²) in [7, 11) is 0. The van der Waals surface area contributed by atoms with Crippen LogP contribution in [0, 0.1) is 0 Å². The Hall–Kier alpha value is -2.62. The van der Waals surface area contributed by atoms with Gasteiger partial charge < -0.3 is 9.52 Å². The van der Waals surface area contributed by atoms with Crippen LogP contribution >= 0.6 is 0 Å². The molecule has 0 unspecified atom stereocenters. The van der Waals surface area contributed by atoms with Gasteiger partial charge in [-0.3, -0.25) is 0 Å². The average molecular weight is 265 g/mol. The lowest BCUT2D eigenvalue weighted by Gasteiger charge is -2.06. The van der Waals surface area contributed by atoms with E-state index in [9.17, 15) is 4.79 Å². The van der Waals surface area contributed by atoms with Crippen LogP contribution in [0.15, 0.2) is 40.9 Å². The summed E-state index contributed by atoms with van der Waals surface area (Å²) in [4.78, 5) is 14.7. The number of benzene rings is 2. The maximum atomic E-state index is 10.9. The van der Waals surface area contributed by atoms with Crippen LogP contribution in [0.2, 0.25) is 0 Å². The summed E-state index contributed by atoms with van der Waals surface area (Å²) in [6.07, 6.45) is 3.60. The molecule has 0 spiro atoms. The van der Waals surface area contributed by atoms with Gasteiger partial charge >= 0.3 is 11.9 Å². The molecule has 4 heteroatoms. The zero-order chi connectivity index (χ0) is 13.7. The molecule has 3 aromatic rings. The molecule has 20 heavy (non-hydrogen) atoms. The summed E-state index contributed by atoms with van der Waals surface area (Å²) in [6.45, 7) is 0. The monoisotopic (exact) mass is 265 g/mol. The van der Waals surface area contributed by atoms with Gasteiger partial charge in [0.25, 0.3) is 0 Å². The lowest BCUT2D eigenvalue weighted by atomic mass is 9.99. The summed E-state index contributed by atoms with van der Waals surface area (Å²) < 4.78 is 5.33. The molecule has 1 aliphatic rings. The van der Waals surface area contributed by atoms with E-state index in [4.69, 9.17) is 9.52 Å². The third kappa shape index (κ3) is 1.48. The van der Waals surface area contributed by atoms with Crippen LogP contribution < -0.4 is 0 Å². The second kappa shape index (κ2) is 3.93. The first-order chi connectivity index (χ1) is 9.74. The molecule has 1 heterocycles. The summed E-state index contributed by atoms with van der Waals surface area (Å²) in [5.74, 6) is -0.927. The number of carbonyl (C=O) groups is 1. The van der Waals surface area contributed by atoms with Gasteiger partial charge in [0.05, 0.1) is 6.20 Å². The standard InChI is InChI=1S/C16H11NO3/c18-16(19)15-17-8-13(20-15)11-7-6-10-5-4-9-2-1-3-12(11)14(9)10/h1-3,6-8H,4-5H2,(H,18,19). The number of carboxylic acid groups (broad SMARTS) is 1. The third-order valence-electron chi connectivity index (χ3n) is 3.83. The second-order valence-corrected chi connectivity index (χ2v) is 4.95. The molecule has 0 saturated heterocycles. The minimum absolute atomic E-state index is 0.275. The Bertz CT molecular complexity index is 838. The van der Waals surface area contributed by atoms with E-state index < -0.39 is 5.97 Å². The van der Waals surface area contributed by atoms with E-state index in [1.165, 1.54) is 22.7 Å². The Morgan fingerprint density at radius 2 is 1.95 bits per heavy atom.